The molecule has 0 heteroatoms. The van der Waals surface area contributed by atoms with Crippen LogP contribution >= 0.6 is 0 Å². The van der Waals surface area contributed by atoms with Gasteiger partial charge in [-0.05, 0) is 36.0 Å². The zero-order chi connectivity index (χ0) is 8.11. The molecule has 0 heterocycles. The fourth-order valence-corrected chi connectivity index (χ4v) is 2.97. The summed E-state index contributed by atoms with van der Waals surface area (Å²) in [6.07, 6.45) is 7.52. The molecule has 11 heavy (non-hydrogen) atoms. The minimum absolute atomic E-state index is 0.702. The Labute approximate surface area is 70.4 Å². The topological polar surface area (TPSA) is 0 Å². The van der Waals surface area contributed by atoms with E-state index in [4.69, 9.17) is 0 Å². The molecule has 0 amide bonds. The first-order valence-electron chi connectivity index (χ1n) is 5.06. The highest BCUT2D eigenvalue weighted by atomic mass is 14.6. The molecule has 0 aromatic heterocycles. The molecular formula is C11H20. The van der Waals surface area contributed by atoms with E-state index < -0.39 is 0 Å². The van der Waals surface area contributed by atoms with Crippen molar-refractivity contribution in [3.8, 4) is 0 Å². The van der Waals surface area contributed by atoms with Crippen molar-refractivity contribution in [3.63, 3.8) is 0 Å². The minimum Gasteiger partial charge on any atom is -0.0625 e. The predicted octanol–water partition coefficient (Wildman–Crippen LogP) is 3.61. The molecule has 2 aliphatic rings. The van der Waals surface area contributed by atoms with Gasteiger partial charge in [0.1, 0.15) is 0 Å². The Hall–Kier alpha value is 0. The third-order valence-corrected chi connectivity index (χ3v) is 4.32. The zero-order valence-corrected chi connectivity index (χ0v) is 8.11. The van der Waals surface area contributed by atoms with Crippen LogP contribution in [0.15, 0.2) is 0 Å². The summed E-state index contributed by atoms with van der Waals surface area (Å²) >= 11 is 0. The van der Waals surface area contributed by atoms with Gasteiger partial charge in [0, 0.05) is 0 Å². The lowest BCUT2D eigenvalue weighted by molar-refractivity contribution is 0.225. The van der Waals surface area contributed by atoms with Gasteiger partial charge in [-0.25, -0.2) is 0 Å². The van der Waals surface area contributed by atoms with Crippen LogP contribution in [-0.4, -0.2) is 0 Å². The van der Waals surface area contributed by atoms with Gasteiger partial charge in [0.05, 0.1) is 0 Å². The summed E-state index contributed by atoms with van der Waals surface area (Å²) in [7, 11) is 0. The first-order valence-corrected chi connectivity index (χ1v) is 5.06. The summed E-state index contributed by atoms with van der Waals surface area (Å²) in [4.78, 5) is 0. The van der Waals surface area contributed by atoms with Crippen molar-refractivity contribution in [1.29, 1.82) is 0 Å². The molecule has 0 unspecified atom stereocenters. The summed E-state index contributed by atoms with van der Waals surface area (Å²) in [6, 6.07) is 0. The van der Waals surface area contributed by atoms with Crippen LogP contribution in [-0.2, 0) is 0 Å². The maximum atomic E-state index is 2.45. The van der Waals surface area contributed by atoms with Crippen LogP contribution < -0.4 is 0 Å². The molecule has 0 aromatic carbocycles. The summed E-state index contributed by atoms with van der Waals surface area (Å²) in [5.41, 5.74) is 1.51. The minimum atomic E-state index is 0.702. The quantitative estimate of drug-likeness (QED) is 0.497. The average molecular weight is 152 g/mol. The molecule has 0 bridgehead atoms. The monoisotopic (exact) mass is 152 g/mol. The number of hydrogen-bond acceptors (Lipinski definition) is 0. The highest BCUT2D eigenvalue weighted by Crippen LogP contribution is 2.70. The second kappa shape index (κ2) is 2.02. The molecule has 64 valence electrons. The van der Waals surface area contributed by atoms with E-state index in [1.54, 1.807) is 0 Å². The Bertz CT molecular complexity index is 159. The third-order valence-electron chi connectivity index (χ3n) is 4.32. The number of hydrogen-bond donors (Lipinski definition) is 0. The second-order valence-electron chi connectivity index (χ2n) is 5.52. The van der Waals surface area contributed by atoms with Crippen LogP contribution in [0.25, 0.3) is 0 Å². The molecule has 0 radical (unpaired) electrons. The van der Waals surface area contributed by atoms with E-state index in [0.29, 0.717) is 5.41 Å². The van der Waals surface area contributed by atoms with Gasteiger partial charge >= 0.3 is 0 Å². The number of rotatable bonds is 0. The van der Waals surface area contributed by atoms with Gasteiger partial charge in [-0.2, -0.15) is 0 Å². The predicted molar refractivity (Wildman–Crippen MR) is 48.5 cm³/mol. The fraction of sp³-hybridized carbons (Fsp3) is 1.00. The van der Waals surface area contributed by atoms with Gasteiger partial charge in [-0.1, -0.05) is 33.6 Å². The van der Waals surface area contributed by atoms with Crippen LogP contribution in [0.3, 0.4) is 0 Å². The lowest BCUT2D eigenvalue weighted by Crippen LogP contribution is -2.17. The van der Waals surface area contributed by atoms with E-state index in [-0.39, 0.29) is 0 Å². The molecule has 0 aliphatic heterocycles. The van der Waals surface area contributed by atoms with Crippen LogP contribution in [0.4, 0.5) is 0 Å². The summed E-state index contributed by atoms with van der Waals surface area (Å²) < 4.78 is 0. The molecule has 2 rings (SSSR count). The van der Waals surface area contributed by atoms with Gasteiger partial charge in [-0.3, -0.25) is 0 Å². The van der Waals surface area contributed by atoms with Crippen molar-refractivity contribution in [2.24, 2.45) is 16.7 Å². The van der Waals surface area contributed by atoms with Crippen molar-refractivity contribution in [1.82, 2.24) is 0 Å². The maximum Gasteiger partial charge on any atom is -0.0241 e. The van der Waals surface area contributed by atoms with Gasteiger partial charge in [0.2, 0.25) is 0 Å². The Morgan fingerprint density at radius 3 is 1.91 bits per heavy atom. The van der Waals surface area contributed by atoms with Crippen molar-refractivity contribution in [3.05, 3.63) is 0 Å². The Balaban J connectivity index is 2.00. The normalized spacial score (nSPS) is 47.7. The second-order valence-corrected chi connectivity index (χ2v) is 5.52. The average Bonchev–Trinajstić information content (AvgIpc) is 2.44. The van der Waals surface area contributed by atoms with Crippen LogP contribution in [0.5, 0.6) is 0 Å². The zero-order valence-electron chi connectivity index (χ0n) is 8.11. The smallest absolute Gasteiger partial charge is 0.0241 e. The van der Waals surface area contributed by atoms with E-state index in [9.17, 15) is 0 Å². The molecule has 0 nitrogen and oxygen atoms in total. The molecule has 0 atom stereocenters. The highest BCUT2D eigenvalue weighted by molar-refractivity contribution is 5.10. The van der Waals surface area contributed by atoms with Gasteiger partial charge in [-0.15, -0.1) is 0 Å². The molecule has 0 N–H and O–H groups in total. The van der Waals surface area contributed by atoms with E-state index in [0.717, 1.165) is 11.3 Å². The van der Waals surface area contributed by atoms with Crippen LogP contribution in [0, 0.1) is 16.7 Å². The maximum absolute atomic E-state index is 2.45. The van der Waals surface area contributed by atoms with Gasteiger partial charge in [0.25, 0.3) is 0 Å². The molecule has 2 saturated carbocycles. The lowest BCUT2D eigenvalue weighted by atomic mass is 9.77. The van der Waals surface area contributed by atoms with Crippen molar-refractivity contribution >= 4 is 0 Å². The van der Waals surface area contributed by atoms with E-state index in [1.807, 2.05) is 0 Å². The first kappa shape index (κ1) is 7.64. The van der Waals surface area contributed by atoms with Crippen molar-refractivity contribution < 1.29 is 0 Å². The van der Waals surface area contributed by atoms with E-state index >= 15 is 0 Å². The molecule has 2 fully saturated rings. The standard InChI is InChI=1S/C11H20/c1-9-4-6-11(7-5-9)8-10(11,2)3/h9H,4-8H2,1-3H3. The molecule has 2 aliphatic carbocycles. The fourth-order valence-electron chi connectivity index (χ4n) is 2.97. The third kappa shape index (κ3) is 1.02. The molecule has 0 aromatic rings. The Morgan fingerprint density at radius 1 is 1.09 bits per heavy atom. The van der Waals surface area contributed by atoms with E-state index in [2.05, 4.69) is 20.8 Å². The van der Waals surface area contributed by atoms with E-state index in [1.165, 1.54) is 32.1 Å². The van der Waals surface area contributed by atoms with Gasteiger partial charge in [0.15, 0.2) is 0 Å². The SMILES string of the molecule is CC1CCC2(CC1)CC2(C)C. The highest BCUT2D eigenvalue weighted by Gasteiger charge is 2.60. The van der Waals surface area contributed by atoms with Crippen LogP contribution in [0.2, 0.25) is 0 Å². The van der Waals surface area contributed by atoms with Crippen molar-refractivity contribution in [2.45, 2.75) is 52.9 Å². The van der Waals surface area contributed by atoms with Crippen molar-refractivity contribution in [2.75, 3.05) is 0 Å². The molecule has 1 spiro atoms. The summed E-state index contributed by atoms with van der Waals surface area (Å²) in [5, 5.41) is 0. The van der Waals surface area contributed by atoms with Gasteiger partial charge < -0.3 is 0 Å². The first-order chi connectivity index (χ1) is 5.06. The molecular weight excluding hydrogens is 132 g/mol. The summed E-state index contributed by atoms with van der Waals surface area (Å²) in [6.45, 7) is 7.30. The van der Waals surface area contributed by atoms with Crippen LogP contribution in [0.1, 0.15) is 52.9 Å². The Morgan fingerprint density at radius 2 is 1.55 bits per heavy atom. The lowest BCUT2D eigenvalue weighted by Gasteiger charge is -2.29. The largest absolute Gasteiger partial charge is 0.0625 e. The molecule has 0 saturated heterocycles. The summed E-state index contributed by atoms with van der Waals surface area (Å²) in [5.74, 6) is 1.01. The Kier molecular flexibility index (Phi) is 1.41.